The lowest BCUT2D eigenvalue weighted by Crippen LogP contribution is -2.34. The molecule has 1 aromatic carbocycles. The standard InChI is InChI=1S/C15H20F2N2O/c1-9-6-12(14(17)7-13(9)16)15(20)19-8-10-2-4-11(18)5-3-10/h6-7,10-11H,2-5,8,18H2,1H3,(H,19,20). The summed E-state index contributed by atoms with van der Waals surface area (Å²) in [6.07, 6.45) is 3.88. The van der Waals surface area contributed by atoms with E-state index < -0.39 is 17.5 Å². The van der Waals surface area contributed by atoms with Crippen LogP contribution in [0.1, 0.15) is 41.6 Å². The highest BCUT2D eigenvalue weighted by Gasteiger charge is 2.20. The number of hydrogen-bond donors (Lipinski definition) is 2. The summed E-state index contributed by atoms with van der Waals surface area (Å²) in [6, 6.07) is 2.26. The van der Waals surface area contributed by atoms with Crippen LogP contribution in [0.3, 0.4) is 0 Å². The average Bonchev–Trinajstić information content (AvgIpc) is 2.42. The molecule has 1 aliphatic carbocycles. The van der Waals surface area contributed by atoms with Crippen molar-refractivity contribution in [2.45, 2.75) is 38.6 Å². The maximum atomic E-state index is 13.6. The summed E-state index contributed by atoms with van der Waals surface area (Å²) in [6.45, 7) is 2.02. The Bertz CT molecular complexity index is 497. The SMILES string of the molecule is Cc1cc(C(=O)NCC2CCC(N)CC2)c(F)cc1F. The Morgan fingerprint density at radius 2 is 1.90 bits per heavy atom. The third-order valence-corrected chi connectivity index (χ3v) is 3.94. The van der Waals surface area contributed by atoms with Crippen LogP contribution < -0.4 is 11.1 Å². The highest BCUT2D eigenvalue weighted by Crippen LogP contribution is 2.22. The molecule has 0 unspecified atom stereocenters. The average molecular weight is 282 g/mol. The summed E-state index contributed by atoms with van der Waals surface area (Å²) in [5.41, 5.74) is 5.99. The van der Waals surface area contributed by atoms with Gasteiger partial charge >= 0.3 is 0 Å². The van der Waals surface area contributed by atoms with Crippen LogP contribution in [0.2, 0.25) is 0 Å². The molecule has 5 heteroatoms. The van der Waals surface area contributed by atoms with E-state index in [4.69, 9.17) is 5.73 Å². The van der Waals surface area contributed by atoms with E-state index in [1.165, 1.54) is 13.0 Å². The lowest BCUT2D eigenvalue weighted by atomic mass is 9.86. The van der Waals surface area contributed by atoms with Crippen LogP contribution in [0.4, 0.5) is 8.78 Å². The third-order valence-electron chi connectivity index (χ3n) is 3.94. The third kappa shape index (κ3) is 3.54. The number of benzene rings is 1. The summed E-state index contributed by atoms with van der Waals surface area (Å²) in [4.78, 5) is 11.9. The number of hydrogen-bond acceptors (Lipinski definition) is 2. The fourth-order valence-corrected chi connectivity index (χ4v) is 2.56. The number of nitrogens with one attached hydrogen (secondary N) is 1. The number of rotatable bonds is 3. The van der Waals surface area contributed by atoms with Crippen LogP contribution >= 0.6 is 0 Å². The van der Waals surface area contributed by atoms with Crippen molar-refractivity contribution in [3.05, 3.63) is 34.9 Å². The van der Waals surface area contributed by atoms with Crippen LogP contribution in [-0.2, 0) is 0 Å². The van der Waals surface area contributed by atoms with Crippen LogP contribution in [0.5, 0.6) is 0 Å². The van der Waals surface area contributed by atoms with Gasteiger partial charge in [0.05, 0.1) is 5.56 Å². The summed E-state index contributed by atoms with van der Waals surface area (Å²) in [5, 5.41) is 2.73. The normalized spacial score (nSPS) is 22.6. The molecule has 1 fully saturated rings. The van der Waals surface area contributed by atoms with Gasteiger partial charge in [0.1, 0.15) is 11.6 Å². The predicted octanol–water partition coefficient (Wildman–Crippen LogP) is 2.52. The second kappa shape index (κ2) is 6.31. The Labute approximate surface area is 117 Å². The minimum Gasteiger partial charge on any atom is -0.352 e. The van der Waals surface area contributed by atoms with Gasteiger partial charge in [-0.2, -0.15) is 0 Å². The summed E-state index contributed by atoms with van der Waals surface area (Å²) >= 11 is 0. The van der Waals surface area contributed by atoms with Crippen molar-refractivity contribution in [1.29, 1.82) is 0 Å². The van der Waals surface area contributed by atoms with Gasteiger partial charge in [0.15, 0.2) is 0 Å². The highest BCUT2D eigenvalue weighted by atomic mass is 19.1. The molecule has 1 saturated carbocycles. The van der Waals surface area contributed by atoms with Gasteiger partial charge in [-0.15, -0.1) is 0 Å². The van der Waals surface area contributed by atoms with Gasteiger partial charge in [0.25, 0.3) is 5.91 Å². The van der Waals surface area contributed by atoms with Crippen LogP contribution in [0, 0.1) is 24.5 Å². The quantitative estimate of drug-likeness (QED) is 0.895. The van der Waals surface area contributed by atoms with E-state index in [-0.39, 0.29) is 17.2 Å². The molecule has 0 bridgehead atoms. The first-order valence-corrected chi connectivity index (χ1v) is 6.96. The molecule has 0 radical (unpaired) electrons. The van der Waals surface area contributed by atoms with Crippen LogP contribution in [0.25, 0.3) is 0 Å². The molecule has 0 saturated heterocycles. The molecule has 3 N–H and O–H groups in total. The number of halogens is 2. The number of nitrogens with two attached hydrogens (primary N) is 1. The first kappa shape index (κ1) is 14.9. The predicted molar refractivity (Wildman–Crippen MR) is 73.4 cm³/mol. The lowest BCUT2D eigenvalue weighted by molar-refractivity contribution is 0.0939. The zero-order valence-electron chi connectivity index (χ0n) is 11.6. The zero-order chi connectivity index (χ0) is 14.7. The maximum Gasteiger partial charge on any atom is 0.254 e. The Hall–Kier alpha value is -1.49. The van der Waals surface area contributed by atoms with Gasteiger partial charge in [-0.3, -0.25) is 4.79 Å². The topological polar surface area (TPSA) is 55.1 Å². The van der Waals surface area contributed by atoms with Crippen LogP contribution in [0.15, 0.2) is 12.1 Å². The molecule has 20 heavy (non-hydrogen) atoms. The lowest BCUT2D eigenvalue weighted by Gasteiger charge is -2.26. The molecule has 110 valence electrons. The van der Waals surface area contributed by atoms with Crippen molar-refractivity contribution in [2.75, 3.05) is 6.54 Å². The summed E-state index contributed by atoms with van der Waals surface area (Å²) in [7, 11) is 0. The van der Waals surface area contributed by atoms with Crippen molar-refractivity contribution in [2.24, 2.45) is 11.7 Å². The van der Waals surface area contributed by atoms with Gasteiger partial charge in [-0.05, 0) is 50.2 Å². The van der Waals surface area contributed by atoms with E-state index in [2.05, 4.69) is 5.32 Å². The molecule has 0 aliphatic heterocycles. The highest BCUT2D eigenvalue weighted by molar-refractivity contribution is 5.94. The van der Waals surface area contributed by atoms with Gasteiger partial charge in [-0.1, -0.05) is 0 Å². The monoisotopic (exact) mass is 282 g/mol. The second-order valence-corrected chi connectivity index (χ2v) is 5.57. The summed E-state index contributed by atoms with van der Waals surface area (Å²) < 4.78 is 26.7. The van der Waals surface area contributed by atoms with Crippen molar-refractivity contribution in [3.8, 4) is 0 Å². The number of aryl methyl sites for hydroxylation is 1. The molecule has 0 aromatic heterocycles. The molecular weight excluding hydrogens is 262 g/mol. The Morgan fingerprint density at radius 1 is 1.25 bits per heavy atom. The van der Waals surface area contributed by atoms with E-state index in [1.807, 2.05) is 0 Å². The fraction of sp³-hybridized carbons (Fsp3) is 0.533. The molecule has 2 rings (SSSR count). The smallest absolute Gasteiger partial charge is 0.254 e. The zero-order valence-corrected chi connectivity index (χ0v) is 11.6. The molecule has 0 atom stereocenters. The fourth-order valence-electron chi connectivity index (χ4n) is 2.56. The Kier molecular flexibility index (Phi) is 4.70. The van der Waals surface area contributed by atoms with Crippen molar-refractivity contribution < 1.29 is 13.6 Å². The minimum atomic E-state index is -0.823. The van der Waals surface area contributed by atoms with Crippen molar-refractivity contribution in [3.63, 3.8) is 0 Å². The van der Waals surface area contributed by atoms with Crippen molar-refractivity contribution >= 4 is 5.91 Å². The van der Waals surface area contributed by atoms with Gasteiger partial charge in [-0.25, -0.2) is 8.78 Å². The van der Waals surface area contributed by atoms with E-state index in [0.717, 1.165) is 31.7 Å². The largest absolute Gasteiger partial charge is 0.352 e. The molecular formula is C15H20F2N2O. The second-order valence-electron chi connectivity index (χ2n) is 5.57. The number of carbonyl (C=O) groups excluding carboxylic acids is 1. The Morgan fingerprint density at radius 3 is 2.55 bits per heavy atom. The summed E-state index contributed by atoms with van der Waals surface area (Å²) in [5.74, 6) is -1.56. The number of amides is 1. The molecule has 3 nitrogen and oxygen atoms in total. The maximum absolute atomic E-state index is 13.6. The van der Waals surface area contributed by atoms with E-state index in [0.29, 0.717) is 12.5 Å². The van der Waals surface area contributed by atoms with Gasteiger partial charge in [0, 0.05) is 18.7 Å². The molecule has 1 aliphatic rings. The van der Waals surface area contributed by atoms with Crippen molar-refractivity contribution in [1.82, 2.24) is 5.32 Å². The Balaban J connectivity index is 1.93. The van der Waals surface area contributed by atoms with E-state index >= 15 is 0 Å². The molecule has 1 aromatic rings. The van der Waals surface area contributed by atoms with Crippen LogP contribution in [-0.4, -0.2) is 18.5 Å². The van der Waals surface area contributed by atoms with E-state index in [9.17, 15) is 13.6 Å². The van der Waals surface area contributed by atoms with Gasteiger partial charge in [0.2, 0.25) is 0 Å². The first-order chi connectivity index (χ1) is 9.47. The van der Waals surface area contributed by atoms with Gasteiger partial charge < -0.3 is 11.1 Å². The van der Waals surface area contributed by atoms with E-state index in [1.54, 1.807) is 0 Å². The molecule has 1 amide bonds. The first-order valence-electron chi connectivity index (χ1n) is 6.96. The minimum absolute atomic E-state index is 0.101. The molecule has 0 heterocycles. The number of carbonyl (C=O) groups is 1. The molecule has 0 spiro atoms.